The summed E-state index contributed by atoms with van der Waals surface area (Å²) in [5, 5.41) is 13.7. The number of hydrogen-bond donors (Lipinski definition) is 2. The molecule has 2 N–H and O–H groups in total. The summed E-state index contributed by atoms with van der Waals surface area (Å²) in [6.07, 6.45) is 1.95. The fraction of sp³-hybridized carbons (Fsp3) is 0.526. The molecule has 1 unspecified atom stereocenters. The number of hydrogen-bond acceptors (Lipinski definition) is 3. The molecule has 0 bridgehead atoms. The molecule has 0 saturated carbocycles. The zero-order valence-electron chi connectivity index (χ0n) is 15.2. The molecule has 24 heavy (non-hydrogen) atoms. The zero-order chi connectivity index (χ0) is 17.6. The van der Waals surface area contributed by atoms with Crippen LogP contribution in [0.4, 0.5) is 0 Å². The van der Waals surface area contributed by atoms with Crippen molar-refractivity contribution in [3.05, 3.63) is 35.0 Å². The van der Waals surface area contributed by atoms with Crippen molar-refractivity contribution in [3.63, 3.8) is 0 Å². The Morgan fingerprint density at radius 1 is 1.29 bits per heavy atom. The van der Waals surface area contributed by atoms with Gasteiger partial charge < -0.3 is 15.0 Å². The first kappa shape index (κ1) is 17.0. The zero-order valence-corrected chi connectivity index (χ0v) is 15.2. The van der Waals surface area contributed by atoms with Crippen LogP contribution >= 0.6 is 0 Å². The summed E-state index contributed by atoms with van der Waals surface area (Å²) in [7, 11) is 1.99. The number of carboxylic acids is 1. The number of aryl methyl sites for hydroxylation is 1. The highest BCUT2D eigenvalue weighted by Crippen LogP contribution is 2.35. The van der Waals surface area contributed by atoms with E-state index in [1.807, 2.05) is 24.7 Å². The third kappa shape index (κ3) is 2.82. The summed E-state index contributed by atoms with van der Waals surface area (Å²) < 4.78 is 2.04. The SMILES string of the molecule is CCNC(C(=O)O)c1cn(C)c2cc3c(cc12)CN(C(C)(C)C)C3. The topological polar surface area (TPSA) is 57.5 Å². The van der Waals surface area contributed by atoms with Crippen molar-refractivity contribution in [2.45, 2.75) is 52.4 Å². The summed E-state index contributed by atoms with van der Waals surface area (Å²) in [6.45, 7) is 11.1. The van der Waals surface area contributed by atoms with E-state index in [0.717, 1.165) is 29.6 Å². The van der Waals surface area contributed by atoms with Crippen LogP contribution in [0.3, 0.4) is 0 Å². The van der Waals surface area contributed by atoms with E-state index in [9.17, 15) is 9.90 Å². The van der Waals surface area contributed by atoms with Crippen molar-refractivity contribution >= 4 is 16.9 Å². The summed E-state index contributed by atoms with van der Waals surface area (Å²) in [5.74, 6) is -0.832. The van der Waals surface area contributed by atoms with Crippen LogP contribution in [0.25, 0.3) is 10.9 Å². The third-order valence-electron chi connectivity index (χ3n) is 4.98. The van der Waals surface area contributed by atoms with Crippen molar-refractivity contribution in [1.29, 1.82) is 0 Å². The monoisotopic (exact) mass is 329 g/mol. The van der Waals surface area contributed by atoms with Gasteiger partial charge in [0.05, 0.1) is 0 Å². The lowest BCUT2D eigenvalue weighted by Crippen LogP contribution is -2.36. The molecule has 130 valence electrons. The first-order valence-corrected chi connectivity index (χ1v) is 8.54. The highest BCUT2D eigenvalue weighted by molar-refractivity contribution is 5.90. The van der Waals surface area contributed by atoms with E-state index < -0.39 is 12.0 Å². The van der Waals surface area contributed by atoms with Crippen LogP contribution in [-0.4, -0.2) is 32.6 Å². The molecule has 0 aliphatic carbocycles. The number of benzene rings is 1. The predicted octanol–water partition coefficient (Wildman–Crippen LogP) is 3.03. The van der Waals surface area contributed by atoms with Gasteiger partial charge in [0.2, 0.25) is 0 Å². The van der Waals surface area contributed by atoms with Crippen LogP contribution in [0.15, 0.2) is 18.3 Å². The van der Waals surface area contributed by atoms with E-state index in [1.54, 1.807) is 0 Å². The summed E-state index contributed by atoms with van der Waals surface area (Å²) in [5.41, 5.74) is 4.73. The van der Waals surface area contributed by atoms with Crippen LogP contribution in [0, 0.1) is 0 Å². The maximum atomic E-state index is 11.7. The number of nitrogens with one attached hydrogen (secondary N) is 1. The number of fused-ring (bicyclic) bond motifs is 2. The van der Waals surface area contributed by atoms with Gasteiger partial charge in [-0.3, -0.25) is 9.69 Å². The lowest BCUT2D eigenvalue weighted by Gasteiger charge is -2.31. The van der Waals surface area contributed by atoms with E-state index in [2.05, 4.69) is 43.1 Å². The second-order valence-corrected chi connectivity index (χ2v) is 7.69. The molecule has 0 fully saturated rings. The van der Waals surface area contributed by atoms with Gasteiger partial charge in [0, 0.05) is 48.3 Å². The average molecular weight is 329 g/mol. The molecule has 0 spiro atoms. The van der Waals surface area contributed by atoms with Gasteiger partial charge in [-0.05, 0) is 50.6 Å². The van der Waals surface area contributed by atoms with E-state index in [-0.39, 0.29) is 5.54 Å². The molecule has 0 saturated heterocycles. The Balaban J connectivity index is 2.09. The Labute approximate surface area is 143 Å². The molecule has 1 aromatic carbocycles. The fourth-order valence-corrected chi connectivity index (χ4v) is 3.55. The lowest BCUT2D eigenvalue weighted by molar-refractivity contribution is -0.139. The minimum atomic E-state index is -0.832. The second-order valence-electron chi connectivity index (χ2n) is 7.69. The second kappa shape index (κ2) is 5.90. The number of nitrogens with zero attached hydrogens (tertiary/aromatic N) is 2. The highest BCUT2D eigenvalue weighted by atomic mass is 16.4. The number of aliphatic carboxylic acids is 1. The molecular weight excluding hydrogens is 302 g/mol. The Hall–Kier alpha value is -1.85. The molecule has 1 aliphatic rings. The van der Waals surface area contributed by atoms with Gasteiger partial charge in [0.15, 0.2) is 0 Å². The standard InChI is InChI=1S/C19H27N3O2/c1-6-20-17(18(23)24)15-11-21(5)16-8-13-10-22(19(2,3)4)9-12(13)7-14(15)16/h7-8,11,17,20H,6,9-10H2,1-5H3,(H,23,24). The van der Waals surface area contributed by atoms with Crippen LogP contribution in [0.1, 0.15) is 50.4 Å². The Bertz CT molecular complexity index is 786. The normalized spacial score (nSPS) is 16.5. The summed E-state index contributed by atoms with van der Waals surface area (Å²) in [6, 6.07) is 3.75. The van der Waals surface area contributed by atoms with Gasteiger partial charge in [-0.25, -0.2) is 0 Å². The molecule has 1 atom stereocenters. The largest absolute Gasteiger partial charge is 0.480 e. The first-order valence-electron chi connectivity index (χ1n) is 8.54. The first-order chi connectivity index (χ1) is 11.2. The molecule has 2 aromatic rings. The minimum absolute atomic E-state index is 0.126. The number of carbonyl (C=O) groups is 1. The molecule has 5 heteroatoms. The van der Waals surface area contributed by atoms with Crippen LogP contribution in [-0.2, 0) is 24.9 Å². The molecular formula is C19H27N3O2. The van der Waals surface area contributed by atoms with Crippen LogP contribution < -0.4 is 5.32 Å². The van der Waals surface area contributed by atoms with Gasteiger partial charge in [0.1, 0.15) is 6.04 Å². The number of carboxylic acid groups (broad SMARTS) is 1. The average Bonchev–Trinajstić information content (AvgIpc) is 3.04. The molecule has 1 aromatic heterocycles. The van der Waals surface area contributed by atoms with Gasteiger partial charge in [-0.1, -0.05) is 6.92 Å². The van der Waals surface area contributed by atoms with E-state index in [0.29, 0.717) is 6.54 Å². The maximum Gasteiger partial charge on any atom is 0.325 e. The van der Waals surface area contributed by atoms with Crippen molar-refractivity contribution < 1.29 is 9.90 Å². The Morgan fingerprint density at radius 3 is 2.46 bits per heavy atom. The molecule has 2 heterocycles. The van der Waals surface area contributed by atoms with E-state index in [4.69, 9.17) is 0 Å². The molecule has 0 amide bonds. The molecule has 3 rings (SSSR count). The fourth-order valence-electron chi connectivity index (χ4n) is 3.55. The van der Waals surface area contributed by atoms with Crippen molar-refractivity contribution in [2.24, 2.45) is 7.05 Å². The molecule has 5 nitrogen and oxygen atoms in total. The smallest absolute Gasteiger partial charge is 0.325 e. The van der Waals surface area contributed by atoms with Crippen molar-refractivity contribution in [3.8, 4) is 0 Å². The predicted molar refractivity (Wildman–Crippen MR) is 96.0 cm³/mol. The van der Waals surface area contributed by atoms with E-state index >= 15 is 0 Å². The highest BCUT2D eigenvalue weighted by Gasteiger charge is 2.30. The lowest BCUT2D eigenvalue weighted by atomic mass is 10.0. The molecule has 1 aliphatic heterocycles. The molecule has 0 radical (unpaired) electrons. The van der Waals surface area contributed by atoms with Crippen LogP contribution in [0.5, 0.6) is 0 Å². The van der Waals surface area contributed by atoms with Crippen molar-refractivity contribution in [2.75, 3.05) is 6.54 Å². The van der Waals surface area contributed by atoms with Crippen LogP contribution in [0.2, 0.25) is 0 Å². The summed E-state index contributed by atoms with van der Waals surface area (Å²) in [4.78, 5) is 14.1. The Kier molecular flexibility index (Phi) is 4.18. The number of rotatable bonds is 4. The summed E-state index contributed by atoms with van der Waals surface area (Å²) >= 11 is 0. The number of likely N-dealkylation sites (N-methyl/N-ethyl adjacent to an activating group) is 1. The Morgan fingerprint density at radius 2 is 1.92 bits per heavy atom. The third-order valence-corrected chi connectivity index (χ3v) is 4.98. The number of aromatic nitrogens is 1. The van der Waals surface area contributed by atoms with Gasteiger partial charge in [-0.2, -0.15) is 0 Å². The van der Waals surface area contributed by atoms with E-state index in [1.165, 1.54) is 11.1 Å². The van der Waals surface area contributed by atoms with Gasteiger partial charge in [-0.15, -0.1) is 0 Å². The maximum absolute atomic E-state index is 11.7. The van der Waals surface area contributed by atoms with Crippen molar-refractivity contribution in [1.82, 2.24) is 14.8 Å². The van der Waals surface area contributed by atoms with Gasteiger partial charge in [0.25, 0.3) is 0 Å². The quantitative estimate of drug-likeness (QED) is 0.905. The minimum Gasteiger partial charge on any atom is -0.480 e. The van der Waals surface area contributed by atoms with Gasteiger partial charge >= 0.3 is 5.97 Å².